The lowest BCUT2D eigenvalue weighted by Crippen LogP contribution is -2.35. The molecule has 3 rings (SSSR count). The summed E-state index contributed by atoms with van der Waals surface area (Å²) in [4.78, 5) is 14.6. The van der Waals surface area contributed by atoms with Crippen molar-refractivity contribution in [2.45, 2.75) is 44.9 Å². The van der Waals surface area contributed by atoms with Gasteiger partial charge in [0.2, 0.25) is 5.91 Å². The van der Waals surface area contributed by atoms with Crippen molar-refractivity contribution < 1.29 is 9.90 Å². The Bertz CT molecular complexity index is 661. The molecular formula is C20H27N3O2. The lowest BCUT2D eigenvalue weighted by molar-refractivity contribution is -0.116. The Morgan fingerprint density at radius 3 is 2.60 bits per heavy atom. The van der Waals surface area contributed by atoms with Gasteiger partial charge in [0, 0.05) is 50.7 Å². The summed E-state index contributed by atoms with van der Waals surface area (Å²) in [6.07, 6.45) is 6.87. The number of piperidine rings is 1. The van der Waals surface area contributed by atoms with Crippen LogP contribution in [0, 0.1) is 0 Å². The Labute approximate surface area is 149 Å². The molecule has 134 valence electrons. The second kappa shape index (κ2) is 8.83. The summed E-state index contributed by atoms with van der Waals surface area (Å²) < 4.78 is 2.09. The van der Waals surface area contributed by atoms with Crippen molar-refractivity contribution in [3.8, 4) is 0 Å². The summed E-state index contributed by atoms with van der Waals surface area (Å²) >= 11 is 0. The van der Waals surface area contributed by atoms with E-state index in [0.717, 1.165) is 56.7 Å². The normalized spacial score (nSPS) is 16.0. The second-order valence-corrected chi connectivity index (χ2v) is 6.74. The fourth-order valence-corrected chi connectivity index (χ4v) is 3.25. The summed E-state index contributed by atoms with van der Waals surface area (Å²) in [5.41, 5.74) is 2.04. The average Bonchev–Trinajstić information content (AvgIpc) is 3.12. The number of aryl methyl sites for hydroxylation is 1. The number of rotatable bonds is 7. The molecule has 25 heavy (non-hydrogen) atoms. The fraction of sp³-hybridized carbons (Fsp3) is 0.450. The predicted octanol–water partition coefficient (Wildman–Crippen LogP) is 2.86. The van der Waals surface area contributed by atoms with E-state index >= 15 is 0 Å². The molecular weight excluding hydrogens is 314 g/mol. The summed E-state index contributed by atoms with van der Waals surface area (Å²) in [6.45, 7) is 3.48. The summed E-state index contributed by atoms with van der Waals surface area (Å²) in [5.74, 6) is 0.0636. The number of aliphatic hydroxyl groups excluding tert-OH is 1. The van der Waals surface area contributed by atoms with Gasteiger partial charge in [-0.3, -0.25) is 9.69 Å². The highest BCUT2D eigenvalue weighted by molar-refractivity contribution is 5.91. The van der Waals surface area contributed by atoms with Crippen LogP contribution in [0.5, 0.6) is 0 Å². The number of hydrogen-bond donors (Lipinski definition) is 2. The van der Waals surface area contributed by atoms with E-state index in [1.165, 1.54) is 0 Å². The number of hydrogen-bond acceptors (Lipinski definition) is 3. The van der Waals surface area contributed by atoms with Gasteiger partial charge in [-0.1, -0.05) is 18.2 Å². The van der Waals surface area contributed by atoms with Gasteiger partial charge >= 0.3 is 0 Å². The maximum Gasteiger partial charge on any atom is 0.224 e. The number of para-hydroxylation sites is 1. The van der Waals surface area contributed by atoms with Crippen molar-refractivity contribution in [2.75, 3.05) is 18.4 Å². The van der Waals surface area contributed by atoms with Crippen LogP contribution >= 0.6 is 0 Å². The Balaban J connectivity index is 1.50. The Morgan fingerprint density at radius 1 is 1.12 bits per heavy atom. The van der Waals surface area contributed by atoms with Crippen LogP contribution < -0.4 is 5.32 Å². The highest BCUT2D eigenvalue weighted by Crippen LogP contribution is 2.20. The monoisotopic (exact) mass is 341 g/mol. The molecule has 1 amide bonds. The zero-order valence-electron chi connectivity index (χ0n) is 14.6. The van der Waals surface area contributed by atoms with E-state index in [2.05, 4.69) is 20.9 Å². The van der Waals surface area contributed by atoms with Crippen LogP contribution in [-0.2, 0) is 17.9 Å². The maximum atomic E-state index is 12.3. The summed E-state index contributed by atoms with van der Waals surface area (Å²) in [5, 5.41) is 12.7. The Morgan fingerprint density at radius 2 is 1.84 bits per heavy atom. The zero-order chi connectivity index (χ0) is 17.5. The average molecular weight is 341 g/mol. The van der Waals surface area contributed by atoms with Crippen LogP contribution in [0.2, 0.25) is 0 Å². The summed E-state index contributed by atoms with van der Waals surface area (Å²) in [6, 6.07) is 12.0. The molecule has 0 radical (unpaired) electrons. The molecule has 1 aliphatic heterocycles. The van der Waals surface area contributed by atoms with Crippen molar-refractivity contribution in [3.63, 3.8) is 0 Å². The van der Waals surface area contributed by atoms with E-state index < -0.39 is 0 Å². The molecule has 5 heteroatoms. The SMILES string of the molecule is O=C(CCCn1cccc1)Nc1ccccc1CN1CCC(O)CC1. The zero-order valence-corrected chi connectivity index (χ0v) is 14.6. The van der Waals surface area contributed by atoms with E-state index in [-0.39, 0.29) is 12.0 Å². The van der Waals surface area contributed by atoms with Gasteiger partial charge in [0.15, 0.2) is 0 Å². The van der Waals surface area contributed by atoms with Crippen molar-refractivity contribution in [1.82, 2.24) is 9.47 Å². The van der Waals surface area contributed by atoms with Crippen molar-refractivity contribution in [3.05, 3.63) is 54.4 Å². The van der Waals surface area contributed by atoms with Gasteiger partial charge in [0.05, 0.1) is 6.10 Å². The van der Waals surface area contributed by atoms with E-state index in [4.69, 9.17) is 0 Å². The van der Waals surface area contributed by atoms with Crippen molar-refractivity contribution in [2.24, 2.45) is 0 Å². The van der Waals surface area contributed by atoms with E-state index in [9.17, 15) is 9.90 Å². The number of likely N-dealkylation sites (tertiary alicyclic amines) is 1. The van der Waals surface area contributed by atoms with Gasteiger partial charge in [-0.15, -0.1) is 0 Å². The van der Waals surface area contributed by atoms with Crippen LogP contribution in [0.1, 0.15) is 31.2 Å². The minimum Gasteiger partial charge on any atom is -0.393 e. The van der Waals surface area contributed by atoms with Gasteiger partial charge < -0.3 is 15.0 Å². The molecule has 5 nitrogen and oxygen atoms in total. The number of aliphatic hydroxyl groups is 1. The topological polar surface area (TPSA) is 57.5 Å². The van der Waals surface area contributed by atoms with Crippen LogP contribution in [0.15, 0.2) is 48.8 Å². The molecule has 0 bridgehead atoms. The first-order valence-electron chi connectivity index (χ1n) is 9.09. The molecule has 1 saturated heterocycles. The molecule has 1 fully saturated rings. The first kappa shape index (κ1) is 17.7. The molecule has 0 spiro atoms. The molecule has 1 aliphatic rings. The maximum absolute atomic E-state index is 12.3. The van der Waals surface area contributed by atoms with Gasteiger partial charge in [-0.05, 0) is 43.0 Å². The Kier molecular flexibility index (Phi) is 6.25. The number of aromatic nitrogens is 1. The molecule has 2 N–H and O–H groups in total. The molecule has 1 aromatic heterocycles. The lowest BCUT2D eigenvalue weighted by Gasteiger charge is -2.30. The standard InChI is InChI=1S/C20H27N3O2/c24-18-9-14-23(15-10-18)16-17-6-1-2-7-19(17)21-20(25)8-5-13-22-11-3-4-12-22/h1-4,6-7,11-12,18,24H,5,8-10,13-16H2,(H,21,25). The molecule has 2 heterocycles. The number of carbonyl (C=O) groups is 1. The van der Waals surface area contributed by atoms with Crippen molar-refractivity contribution >= 4 is 11.6 Å². The number of amides is 1. The van der Waals surface area contributed by atoms with Gasteiger partial charge in [-0.25, -0.2) is 0 Å². The van der Waals surface area contributed by atoms with Gasteiger partial charge in [-0.2, -0.15) is 0 Å². The lowest BCUT2D eigenvalue weighted by atomic mass is 10.1. The van der Waals surface area contributed by atoms with E-state index in [1.54, 1.807) is 0 Å². The molecule has 0 aliphatic carbocycles. The van der Waals surface area contributed by atoms with Crippen LogP contribution in [0.4, 0.5) is 5.69 Å². The smallest absolute Gasteiger partial charge is 0.224 e. The fourth-order valence-electron chi connectivity index (χ4n) is 3.25. The van der Waals surface area contributed by atoms with E-state index in [0.29, 0.717) is 6.42 Å². The second-order valence-electron chi connectivity index (χ2n) is 6.74. The molecule has 2 aromatic rings. The number of nitrogens with one attached hydrogen (secondary N) is 1. The minimum absolute atomic E-state index is 0.0636. The molecule has 0 unspecified atom stereocenters. The number of nitrogens with zero attached hydrogens (tertiary/aromatic N) is 2. The number of anilines is 1. The third-order valence-corrected chi connectivity index (χ3v) is 4.73. The van der Waals surface area contributed by atoms with Crippen LogP contribution in [0.3, 0.4) is 0 Å². The Hall–Kier alpha value is -2.11. The van der Waals surface area contributed by atoms with Crippen LogP contribution in [0.25, 0.3) is 0 Å². The minimum atomic E-state index is -0.161. The first-order valence-corrected chi connectivity index (χ1v) is 9.09. The predicted molar refractivity (Wildman–Crippen MR) is 99.3 cm³/mol. The number of carbonyl (C=O) groups excluding carboxylic acids is 1. The highest BCUT2D eigenvalue weighted by atomic mass is 16.3. The molecule has 0 atom stereocenters. The first-order chi connectivity index (χ1) is 12.2. The van der Waals surface area contributed by atoms with E-state index in [1.807, 2.05) is 42.7 Å². The largest absolute Gasteiger partial charge is 0.393 e. The van der Waals surface area contributed by atoms with Crippen molar-refractivity contribution in [1.29, 1.82) is 0 Å². The van der Waals surface area contributed by atoms with Gasteiger partial charge in [0.1, 0.15) is 0 Å². The van der Waals surface area contributed by atoms with Crippen LogP contribution in [-0.4, -0.2) is 39.7 Å². The quantitative estimate of drug-likeness (QED) is 0.814. The third kappa shape index (κ3) is 5.44. The highest BCUT2D eigenvalue weighted by Gasteiger charge is 2.18. The number of benzene rings is 1. The third-order valence-electron chi connectivity index (χ3n) is 4.73. The molecule has 0 saturated carbocycles. The summed E-state index contributed by atoms with van der Waals surface area (Å²) in [7, 11) is 0. The van der Waals surface area contributed by atoms with Gasteiger partial charge in [0.25, 0.3) is 0 Å². The molecule has 1 aromatic carbocycles.